The van der Waals surface area contributed by atoms with Gasteiger partial charge in [-0.3, -0.25) is 4.79 Å². The molecule has 0 aromatic heterocycles. The van der Waals surface area contributed by atoms with Gasteiger partial charge in [0.05, 0.1) is 6.04 Å². The zero-order chi connectivity index (χ0) is 13.9. The smallest absolute Gasteiger partial charge is 0.326 e. The van der Waals surface area contributed by atoms with E-state index in [1.54, 1.807) is 0 Å². The highest BCUT2D eigenvalue weighted by Gasteiger charge is 2.38. The summed E-state index contributed by atoms with van der Waals surface area (Å²) < 4.78 is 0. The number of rotatable bonds is 4. The second kappa shape index (κ2) is 6.18. The maximum atomic E-state index is 12.2. The van der Waals surface area contributed by atoms with Crippen molar-refractivity contribution in [3.63, 3.8) is 0 Å². The third-order valence-electron chi connectivity index (χ3n) is 3.51. The lowest BCUT2D eigenvalue weighted by Crippen LogP contribution is -2.56. The van der Waals surface area contributed by atoms with Gasteiger partial charge in [0, 0.05) is 6.54 Å². The minimum Gasteiger partial charge on any atom is -0.480 e. The molecule has 1 saturated heterocycles. The van der Waals surface area contributed by atoms with Gasteiger partial charge in [0.2, 0.25) is 5.91 Å². The summed E-state index contributed by atoms with van der Waals surface area (Å²) in [6.07, 6.45) is 2.29. The Morgan fingerprint density at radius 3 is 2.56 bits per heavy atom. The average Bonchev–Trinajstić information content (AvgIpc) is 2.26. The molecule has 1 rings (SSSR count). The topological polar surface area (TPSA) is 83.6 Å². The molecule has 5 nitrogen and oxygen atoms in total. The van der Waals surface area contributed by atoms with E-state index < -0.39 is 18.1 Å². The van der Waals surface area contributed by atoms with Gasteiger partial charge in [0.15, 0.2) is 0 Å². The molecule has 18 heavy (non-hydrogen) atoms. The third-order valence-corrected chi connectivity index (χ3v) is 3.51. The number of carbonyl (C=O) groups excluding carboxylic acids is 1. The van der Waals surface area contributed by atoms with Gasteiger partial charge in [-0.05, 0) is 31.1 Å². The van der Waals surface area contributed by atoms with Crippen molar-refractivity contribution in [3.8, 4) is 0 Å². The first-order valence-electron chi connectivity index (χ1n) is 6.63. The number of carbonyl (C=O) groups is 2. The van der Waals surface area contributed by atoms with Crippen LogP contribution in [0, 0.1) is 11.8 Å². The Morgan fingerprint density at radius 2 is 2.06 bits per heavy atom. The second-order valence-electron chi connectivity index (χ2n) is 5.67. The van der Waals surface area contributed by atoms with E-state index in [2.05, 4.69) is 0 Å². The fourth-order valence-corrected chi connectivity index (χ4v) is 2.63. The Hall–Kier alpha value is -1.10. The van der Waals surface area contributed by atoms with E-state index in [4.69, 9.17) is 5.73 Å². The molecule has 0 aromatic carbocycles. The van der Waals surface area contributed by atoms with Crippen molar-refractivity contribution in [3.05, 3.63) is 0 Å². The molecule has 1 aliphatic rings. The fourth-order valence-electron chi connectivity index (χ4n) is 2.63. The lowest BCUT2D eigenvalue weighted by molar-refractivity contribution is -0.155. The van der Waals surface area contributed by atoms with Gasteiger partial charge >= 0.3 is 5.97 Å². The average molecular weight is 256 g/mol. The highest BCUT2D eigenvalue weighted by Crippen LogP contribution is 2.24. The predicted molar refractivity (Wildman–Crippen MR) is 69.0 cm³/mol. The van der Waals surface area contributed by atoms with Crippen molar-refractivity contribution < 1.29 is 14.7 Å². The Kier molecular flexibility index (Phi) is 5.14. The molecule has 1 aliphatic heterocycles. The molecule has 3 unspecified atom stereocenters. The normalized spacial score (nSPS) is 26.2. The lowest BCUT2D eigenvalue weighted by Gasteiger charge is -2.38. The van der Waals surface area contributed by atoms with Crippen LogP contribution in [-0.4, -0.2) is 40.5 Å². The number of aliphatic carboxylic acids is 1. The summed E-state index contributed by atoms with van der Waals surface area (Å²) >= 11 is 0. The van der Waals surface area contributed by atoms with E-state index in [9.17, 15) is 14.7 Å². The molecular formula is C13H24N2O3. The summed E-state index contributed by atoms with van der Waals surface area (Å²) in [5.41, 5.74) is 5.87. The van der Waals surface area contributed by atoms with Crippen LogP contribution in [0.3, 0.4) is 0 Å². The zero-order valence-corrected chi connectivity index (χ0v) is 11.4. The number of likely N-dealkylation sites (tertiary alicyclic amines) is 1. The van der Waals surface area contributed by atoms with Crippen molar-refractivity contribution >= 4 is 11.9 Å². The van der Waals surface area contributed by atoms with Crippen LogP contribution in [0.25, 0.3) is 0 Å². The summed E-state index contributed by atoms with van der Waals surface area (Å²) in [6.45, 7) is 6.39. The van der Waals surface area contributed by atoms with Crippen LogP contribution in [0.15, 0.2) is 0 Å². The Morgan fingerprint density at radius 1 is 1.44 bits per heavy atom. The summed E-state index contributed by atoms with van der Waals surface area (Å²) in [5.74, 6) is -0.823. The molecule has 5 heteroatoms. The number of nitrogens with two attached hydrogens (primary N) is 1. The number of nitrogens with zero attached hydrogens (tertiary/aromatic N) is 1. The van der Waals surface area contributed by atoms with Gasteiger partial charge in [0.25, 0.3) is 0 Å². The SMILES string of the molecule is CC(C)CC(N)C(=O)N1CCCC(C)C1C(=O)O. The minimum absolute atomic E-state index is 0.00792. The van der Waals surface area contributed by atoms with E-state index in [1.807, 2.05) is 20.8 Å². The van der Waals surface area contributed by atoms with Gasteiger partial charge < -0.3 is 15.7 Å². The van der Waals surface area contributed by atoms with Crippen LogP contribution in [0.5, 0.6) is 0 Å². The van der Waals surface area contributed by atoms with Gasteiger partial charge in [-0.25, -0.2) is 4.79 Å². The monoisotopic (exact) mass is 256 g/mol. The molecule has 0 spiro atoms. The highest BCUT2D eigenvalue weighted by molar-refractivity contribution is 5.87. The first-order valence-corrected chi connectivity index (χ1v) is 6.63. The van der Waals surface area contributed by atoms with Crippen LogP contribution >= 0.6 is 0 Å². The molecule has 3 N–H and O–H groups in total. The Labute approximate surface area is 108 Å². The summed E-state index contributed by atoms with van der Waals surface area (Å²) in [5, 5.41) is 9.26. The van der Waals surface area contributed by atoms with Crippen molar-refractivity contribution in [1.82, 2.24) is 4.90 Å². The molecule has 1 fully saturated rings. The number of hydrogen-bond acceptors (Lipinski definition) is 3. The summed E-state index contributed by atoms with van der Waals surface area (Å²) in [4.78, 5) is 25.0. The van der Waals surface area contributed by atoms with E-state index >= 15 is 0 Å². The lowest BCUT2D eigenvalue weighted by atomic mass is 9.89. The van der Waals surface area contributed by atoms with Gasteiger partial charge in [0.1, 0.15) is 6.04 Å². The molecule has 0 bridgehead atoms. The van der Waals surface area contributed by atoms with E-state index in [0.29, 0.717) is 18.9 Å². The molecule has 104 valence electrons. The molecule has 0 saturated carbocycles. The van der Waals surface area contributed by atoms with Gasteiger partial charge in [-0.2, -0.15) is 0 Å². The maximum absolute atomic E-state index is 12.2. The van der Waals surface area contributed by atoms with Crippen LogP contribution < -0.4 is 5.73 Å². The minimum atomic E-state index is -0.924. The molecule has 3 atom stereocenters. The van der Waals surface area contributed by atoms with Crippen molar-refractivity contribution in [2.45, 2.75) is 52.1 Å². The molecule has 0 aliphatic carbocycles. The van der Waals surface area contributed by atoms with Crippen molar-refractivity contribution in [2.24, 2.45) is 17.6 Å². The van der Waals surface area contributed by atoms with E-state index in [0.717, 1.165) is 12.8 Å². The zero-order valence-electron chi connectivity index (χ0n) is 11.4. The van der Waals surface area contributed by atoms with E-state index in [-0.39, 0.29) is 11.8 Å². The molecule has 1 amide bonds. The Balaban J connectivity index is 2.78. The van der Waals surface area contributed by atoms with Crippen LogP contribution in [0.1, 0.15) is 40.0 Å². The first kappa shape index (κ1) is 15.0. The number of hydrogen-bond donors (Lipinski definition) is 2. The standard InChI is InChI=1S/C13H24N2O3/c1-8(2)7-10(14)12(16)15-6-4-5-9(3)11(15)13(17)18/h8-11H,4-7,14H2,1-3H3,(H,17,18). The number of carboxylic acid groups (broad SMARTS) is 1. The largest absolute Gasteiger partial charge is 0.480 e. The van der Waals surface area contributed by atoms with Gasteiger partial charge in [-0.1, -0.05) is 20.8 Å². The first-order chi connectivity index (χ1) is 8.34. The predicted octanol–water partition coefficient (Wildman–Crippen LogP) is 1.07. The highest BCUT2D eigenvalue weighted by atomic mass is 16.4. The van der Waals surface area contributed by atoms with Crippen molar-refractivity contribution in [1.29, 1.82) is 0 Å². The number of piperidine rings is 1. The number of carboxylic acids is 1. The van der Waals surface area contributed by atoms with Crippen molar-refractivity contribution in [2.75, 3.05) is 6.54 Å². The molecular weight excluding hydrogens is 232 g/mol. The molecule has 0 aromatic rings. The fraction of sp³-hybridized carbons (Fsp3) is 0.846. The van der Waals surface area contributed by atoms with Crippen LogP contribution in [0.4, 0.5) is 0 Å². The number of amides is 1. The molecule has 1 heterocycles. The summed E-state index contributed by atoms with van der Waals surface area (Å²) in [6, 6.07) is -1.30. The van der Waals surface area contributed by atoms with E-state index in [1.165, 1.54) is 4.90 Å². The molecule has 0 radical (unpaired) electrons. The quantitative estimate of drug-likeness (QED) is 0.788. The third kappa shape index (κ3) is 3.45. The van der Waals surface area contributed by atoms with Gasteiger partial charge in [-0.15, -0.1) is 0 Å². The second-order valence-corrected chi connectivity index (χ2v) is 5.67. The Bertz CT molecular complexity index is 317. The van der Waals surface area contributed by atoms with Crippen LogP contribution in [-0.2, 0) is 9.59 Å². The summed E-state index contributed by atoms with van der Waals surface area (Å²) in [7, 11) is 0. The maximum Gasteiger partial charge on any atom is 0.326 e. The van der Waals surface area contributed by atoms with Crippen LogP contribution in [0.2, 0.25) is 0 Å².